The summed E-state index contributed by atoms with van der Waals surface area (Å²) < 4.78 is 5.21. The highest BCUT2D eigenvalue weighted by Crippen LogP contribution is 2.19. The van der Waals surface area contributed by atoms with Crippen molar-refractivity contribution in [3.63, 3.8) is 0 Å². The van der Waals surface area contributed by atoms with Crippen LogP contribution in [0.1, 0.15) is 24.2 Å². The van der Waals surface area contributed by atoms with E-state index in [4.69, 9.17) is 10.5 Å². The molecule has 0 saturated heterocycles. The Morgan fingerprint density at radius 3 is 2.67 bits per heavy atom. The first kappa shape index (κ1) is 12.2. The SMILES string of the molecule is COC(C)Cc1ccccc1C(O)CN. The van der Waals surface area contributed by atoms with Gasteiger partial charge in [0.2, 0.25) is 0 Å². The van der Waals surface area contributed by atoms with Gasteiger partial charge in [-0.3, -0.25) is 0 Å². The van der Waals surface area contributed by atoms with Gasteiger partial charge in [0.1, 0.15) is 0 Å². The third kappa shape index (κ3) is 3.30. The van der Waals surface area contributed by atoms with Crippen LogP contribution < -0.4 is 5.73 Å². The maximum Gasteiger partial charge on any atom is 0.0914 e. The summed E-state index contributed by atoms with van der Waals surface area (Å²) in [5.41, 5.74) is 7.46. The normalized spacial score (nSPS) is 14.9. The Balaban J connectivity index is 2.86. The zero-order valence-electron chi connectivity index (χ0n) is 9.31. The van der Waals surface area contributed by atoms with Crippen molar-refractivity contribution < 1.29 is 9.84 Å². The fourth-order valence-electron chi connectivity index (χ4n) is 1.57. The number of rotatable bonds is 5. The Labute approximate surface area is 90.9 Å². The maximum atomic E-state index is 9.73. The third-order valence-electron chi connectivity index (χ3n) is 2.55. The standard InChI is InChI=1S/C12H19NO2/c1-9(15-2)7-10-5-3-4-6-11(10)12(14)8-13/h3-6,9,12,14H,7-8,13H2,1-2H3. The minimum atomic E-state index is -0.578. The van der Waals surface area contributed by atoms with Crippen molar-refractivity contribution >= 4 is 0 Å². The minimum absolute atomic E-state index is 0.149. The van der Waals surface area contributed by atoms with Gasteiger partial charge in [-0.05, 0) is 24.5 Å². The molecule has 0 aromatic heterocycles. The smallest absolute Gasteiger partial charge is 0.0914 e. The minimum Gasteiger partial charge on any atom is -0.387 e. The molecule has 15 heavy (non-hydrogen) atoms. The molecule has 84 valence electrons. The van der Waals surface area contributed by atoms with Crippen LogP contribution in [0.2, 0.25) is 0 Å². The molecule has 2 atom stereocenters. The van der Waals surface area contributed by atoms with Crippen molar-refractivity contribution in [2.45, 2.75) is 25.6 Å². The van der Waals surface area contributed by atoms with Crippen LogP contribution in [0.15, 0.2) is 24.3 Å². The van der Waals surface area contributed by atoms with E-state index in [-0.39, 0.29) is 12.6 Å². The van der Waals surface area contributed by atoms with Crippen LogP contribution in [0, 0.1) is 0 Å². The van der Waals surface area contributed by atoms with Crippen LogP contribution in [-0.2, 0) is 11.2 Å². The molecule has 0 spiro atoms. The van der Waals surface area contributed by atoms with Crippen LogP contribution >= 0.6 is 0 Å². The molecule has 0 fully saturated rings. The van der Waals surface area contributed by atoms with Crippen molar-refractivity contribution in [1.82, 2.24) is 0 Å². The molecule has 0 bridgehead atoms. The van der Waals surface area contributed by atoms with Gasteiger partial charge < -0.3 is 15.6 Å². The van der Waals surface area contributed by atoms with Crippen LogP contribution in [0.3, 0.4) is 0 Å². The van der Waals surface area contributed by atoms with Crippen LogP contribution in [-0.4, -0.2) is 24.9 Å². The summed E-state index contributed by atoms with van der Waals surface area (Å²) in [6, 6.07) is 7.79. The number of aliphatic hydroxyl groups is 1. The van der Waals surface area contributed by atoms with E-state index < -0.39 is 6.10 Å². The topological polar surface area (TPSA) is 55.5 Å². The van der Waals surface area contributed by atoms with E-state index in [1.807, 2.05) is 31.2 Å². The molecule has 3 heteroatoms. The summed E-state index contributed by atoms with van der Waals surface area (Å²) in [6.07, 6.45) is 0.366. The molecule has 0 aliphatic heterocycles. The van der Waals surface area contributed by atoms with E-state index in [9.17, 15) is 5.11 Å². The second kappa shape index (κ2) is 5.85. The van der Waals surface area contributed by atoms with Gasteiger partial charge >= 0.3 is 0 Å². The Morgan fingerprint density at radius 2 is 2.07 bits per heavy atom. The molecule has 0 aliphatic carbocycles. The van der Waals surface area contributed by atoms with E-state index in [1.54, 1.807) is 7.11 Å². The van der Waals surface area contributed by atoms with Crippen molar-refractivity contribution in [3.8, 4) is 0 Å². The quantitative estimate of drug-likeness (QED) is 0.767. The van der Waals surface area contributed by atoms with Gasteiger partial charge in [-0.25, -0.2) is 0 Å². The van der Waals surface area contributed by atoms with Crippen LogP contribution in [0.5, 0.6) is 0 Å². The highest BCUT2D eigenvalue weighted by Gasteiger charge is 2.12. The monoisotopic (exact) mass is 209 g/mol. The third-order valence-corrected chi connectivity index (χ3v) is 2.55. The van der Waals surface area contributed by atoms with Crippen LogP contribution in [0.4, 0.5) is 0 Å². The Morgan fingerprint density at radius 1 is 1.40 bits per heavy atom. The number of hydrogen-bond donors (Lipinski definition) is 2. The largest absolute Gasteiger partial charge is 0.387 e. The number of ether oxygens (including phenoxy) is 1. The molecular formula is C12H19NO2. The molecule has 3 N–H and O–H groups in total. The van der Waals surface area contributed by atoms with Gasteiger partial charge in [0.05, 0.1) is 12.2 Å². The molecule has 0 amide bonds. The van der Waals surface area contributed by atoms with E-state index in [0.29, 0.717) is 0 Å². The van der Waals surface area contributed by atoms with Crippen molar-refractivity contribution in [1.29, 1.82) is 0 Å². The molecule has 0 heterocycles. The van der Waals surface area contributed by atoms with Gasteiger partial charge in [0, 0.05) is 13.7 Å². The Bertz CT molecular complexity index is 301. The Kier molecular flexibility index (Phi) is 4.75. The number of hydrogen-bond acceptors (Lipinski definition) is 3. The highest BCUT2D eigenvalue weighted by molar-refractivity contribution is 5.29. The van der Waals surface area contributed by atoms with Gasteiger partial charge in [-0.1, -0.05) is 24.3 Å². The summed E-state index contributed by atoms with van der Waals surface area (Å²) in [6.45, 7) is 2.25. The summed E-state index contributed by atoms with van der Waals surface area (Å²) in [4.78, 5) is 0. The Hall–Kier alpha value is -0.900. The second-order valence-electron chi connectivity index (χ2n) is 3.70. The number of nitrogens with two attached hydrogens (primary N) is 1. The number of benzene rings is 1. The van der Waals surface area contributed by atoms with Crippen molar-refractivity contribution in [2.24, 2.45) is 5.73 Å². The average molecular weight is 209 g/mol. The fraction of sp³-hybridized carbons (Fsp3) is 0.500. The van der Waals surface area contributed by atoms with Crippen molar-refractivity contribution in [2.75, 3.05) is 13.7 Å². The van der Waals surface area contributed by atoms with Gasteiger partial charge in [0.25, 0.3) is 0 Å². The molecule has 0 saturated carbocycles. The molecule has 1 aromatic rings. The predicted octanol–water partition coefficient (Wildman–Crippen LogP) is 1.26. The first-order valence-electron chi connectivity index (χ1n) is 5.17. The summed E-state index contributed by atoms with van der Waals surface area (Å²) in [5, 5.41) is 9.73. The molecule has 0 radical (unpaired) electrons. The van der Waals surface area contributed by atoms with E-state index in [0.717, 1.165) is 17.5 Å². The summed E-state index contributed by atoms with van der Waals surface area (Å²) in [7, 11) is 1.69. The molecule has 3 nitrogen and oxygen atoms in total. The summed E-state index contributed by atoms with van der Waals surface area (Å²) in [5.74, 6) is 0. The lowest BCUT2D eigenvalue weighted by Gasteiger charge is -2.16. The number of methoxy groups -OCH3 is 1. The average Bonchev–Trinajstić information content (AvgIpc) is 2.28. The van der Waals surface area contributed by atoms with Gasteiger partial charge in [0.15, 0.2) is 0 Å². The van der Waals surface area contributed by atoms with E-state index in [2.05, 4.69) is 0 Å². The van der Waals surface area contributed by atoms with Crippen molar-refractivity contribution in [3.05, 3.63) is 35.4 Å². The zero-order chi connectivity index (χ0) is 11.3. The number of aliphatic hydroxyl groups excluding tert-OH is 1. The van der Waals surface area contributed by atoms with Crippen LogP contribution in [0.25, 0.3) is 0 Å². The molecule has 1 aromatic carbocycles. The van der Waals surface area contributed by atoms with Gasteiger partial charge in [-0.2, -0.15) is 0 Å². The maximum absolute atomic E-state index is 9.73. The lowest BCUT2D eigenvalue weighted by atomic mass is 9.98. The fourth-order valence-corrected chi connectivity index (χ4v) is 1.57. The first-order valence-corrected chi connectivity index (χ1v) is 5.17. The molecular weight excluding hydrogens is 190 g/mol. The molecule has 0 aliphatic rings. The van der Waals surface area contributed by atoms with E-state index >= 15 is 0 Å². The van der Waals surface area contributed by atoms with E-state index in [1.165, 1.54) is 0 Å². The highest BCUT2D eigenvalue weighted by atomic mass is 16.5. The first-order chi connectivity index (χ1) is 7.19. The molecule has 2 unspecified atom stereocenters. The lowest BCUT2D eigenvalue weighted by Crippen LogP contribution is -2.16. The zero-order valence-corrected chi connectivity index (χ0v) is 9.31. The lowest BCUT2D eigenvalue weighted by molar-refractivity contribution is 0.117. The second-order valence-corrected chi connectivity index (χ2v) is 3.70. The molecule has 1 rings (SSSR count). The summed E-state index contributed by atoms with van der Waals surface area (Å²) >= 11 is 0. The van der Waals surface area contributed by atoms with Gasteiger partial charge in [-0.15, -0.1) is 0 Å². The predicted molar refractivity (Wildman–Crippen MR) is 60.6 cm³/mol.